The van der Waals surface area contributed by atoms with Gasteiger partial charge in [-0.25, -0.2) is 4.98 Å². The van der Waals surface area contributed by atoms with Crippen LogP contribution in [0.5, 0.6) is 0 Å². The van der Waals surface area contributed by atoms with Gasteiger partial charge >= 0.3 is 0 Å². The van der Waals surface area contributed by atoms with E-state index < -0.39 is 0 Å². The lowest BCUT2D eigenvalue weighted by Crippen LogP contribution is -2.23. The van der Waals surface area contributed by atoms with Gasteiger partial charge in [-0.2, -0.15) is 12.6 Å². The molecule has 0 saturated heterocycles. The molecular formula is C10H18N2OS2. The summed E-state index contributed by atoms with van der Waals surface area (Å²) >= 11 is 5.80. The molecule has 1 aromatic rings. The molecule has 0 aliphatic rings. The lowest BCUT2D eigenvalue weighted by molar-refractivity contribution is 0.122. The lowest BCUT2D eigenvalue weighted by Gasteiger charge is -2.15. The topological polar surface area (TPSA) is 25.4 Å². The SMILES string of the molecule is Cc1ncsc1CN(C)CCOCCS. The van der Waals surface area contributed by atoms with Crippen molar-refractivity contribution in [2.75, 3.05) is 32.6 Å². The normalized spacial score (nSPS) is 11.2. The smallest absolute Gasteiger partial charge is 0.0798 e. The minimum Gasteiger partial charge on any atom is -0.379 e. The maximum absolute atomic E-state index is 5.37. The van der Waals surface area contributed by atoms with E-state index >= 15 is 0 Å². The third kappa shape index (κ3) is 4.97. The van der Waals surface area contributed by atoms with Gasteiger partial charge in [0, 0.05) is 23.7 Å². The van der Waals surface area contributed by atoms with Gasteiger partial charge < -0.3 is 4.74 Å². The predicted molar refractivity (Wildman–Crippen MR) is 67.9 cm³/mol. The van der Waals surface area contributed by atoms with Crippen molar-refractivity contribution in [3.05, 3.63) is 16.1 Å². The van der Waals surface area contributed by atoms with E-state index in [0.29, 0.717) is 0 Å². The number of nitrogens with zero attached hydrogens (tertiary/aromatic N) is 2. The summed E-state index contributed by atoms with van der Waals surface area (Å²) in [5.74, 6) is 0.789. The first kappa shape index (κ1) is 13.0. The fourth-order valence-corrected chi connectivity index (χ4v) is 2.17. The first-order chi connectivity index (χ1) is 7.24. The summed E-state index contributed by atoms with van der Waals surface area (Å²) in [5.41, 5.74) is 3.04. The molecule has 0 atom stereocenters. The lowest BCUT2D eigenvalue weighted by atomic mass is 10.4. The molecule has 0 spiro atoms. The second-order valence-electron chi connectivity index (χ2n) is 3.43. The maximum atomic E-state index is 5.37. The Labute approximate surface area is 101 Å². The summed E-state index contributed by atoms with van der Waals surface area (Å²) in [6.45, 7) is 5.47. The van der Waals surface area contributed by atoms with E-state index in [1.165, 1.54) is 4.88 Å². The molecule has 0 radical (unpaired) electrons. The second-order valence-corrected chi connectivity index (χ2v) is 4.82. The summed E-state index contributed by atoms with van der Waals surface area (Å²) in [6.07, 6.45) is 0. The number of aromatic nitrogens is 1. The third-order valence-electron chi connectivity index (χ3n) is 2.11. The fraction of sp³-hybridized carbons (Fsp3) is 0.700. The van der Waals surface area contributed by atoms with E-state index in [1.807, 2.05) is 5.51 Å². The molecular weight excluding hydrogens is 228 g/mol. The van der Waals surface area contributed by atoms with E-state index in [9.17, 15) is 0 Å². The van der Waals surface area contributed by atoms with E-state index in [1.54, 1.807) is 11.3 Å². The minimum absolute atomic E-state index is 0.733. The van der Waals surface area contributed by atoms with Crippen LogP contribution in [0.3, 0.4) is 0 Å². The van der Waals surface area contributed by atoms with E-state index in [4.69, 9.17) is 4.74 Å². The molecule has 0 bridgehead atoms. The van der Waals surface area contributed by atoms with Crippen LogP contribution < -0.4 is 0 Å². The van der Waals surface area contributed by atoms with Gasteiger partial charge in [-0.05, 0) is 14.0 Å². The highest BCUT2D eigenvalue weighted by molar-refractivity contribution is 7.80. The van der Waals surface area contributed by atoms with Gasteiger partial charge in [-0.1, -0.05) is 0 Å². The Kier molecular flexibility index (Phi) is 6.24. The number of likely N-dealkylation sites (N-methyl/N-ethyl adjacent to an activating group) is 1. The van der Waals surface area contributed by atoms with E-state index in [2.05, 4.69) is 36.5 Å². The van der Waals surface area contributed by atoms with Crippen LogP contribution in [-0.2, 0) is 11.3 Å². The Balaban J connectivity index is 2.18. The number of hydrogen-bond donors (Lipinski definition) is 1. The largest absolute Gasteiger partial charge is 0.379 e. The summed E-state index contributed by atoms with van der Waals surface area (Å²) < 4.78 is 5.37. The molecule has 1 aromatic heterocycles. The van der Waals surface area contributed by atoms with Crippen molar-refractivity contribution in [1.82, 2.24) is 9.88 Å². The number of rotatable bonds is 7. The van der Waals surface area contributed by atoms with Crippen molar-refractivity contribution in [3.63, 3.8) is 0 Å². The monoisotopic (exact) mass is 246 g/mol. The molecule has 1 rings (SSSR count). The second kappa shape index (κ2) is 7.22. The molecule has 86 valence electrons. The number of aryl methyl sites for hydroxylation is 1. The minimum atomic E-state index is 0.733. The van der Waals surface area contributed by atoms with Crippen LogP contribution >= 0.6 is 24.0 Å². The molecule has 0 aliphatic heterocycles. The highest BCUT2D eigenvalue weighted by Crippen LogP contribution is 2.13. The van der Waals surface area contributed by atoms with Crippen molar-refractivity contribution in [3.8, 4) is 0 Å². The average Bonchev–Trinajstić information content (AvgIpc) is 2.59. The molecule has 0 fully saturated rings. The Morgan fingerprint density at radius 1 is 1.53 bits per heavy atom. The van der Waals surface area contributed by atoms with Gasteiger partial charge in [0.25, 0.3) is 0 Å². The Morgan fingerprint density at radius 3 is 2.93 bits per heavy atom. The van der Waals surface area contributed by atoms with Gasteiger partial charge in [0.2, 0.25) is 0 Å². The number of thiazole rings is 1. The molecule has 1 heterocycles. The van der Waals surface area contributed by atoms with Crippen molar-refractivity contribution in [2.45, 2.75) is 13.5 Å². The molecule has 0 amide bonds. The molecule has 15 heavy (non-hydrogen) atoms. The Hall–Kier alpha value is -0.100. The van der Waals surface area contributed by atoms with Crippen molar-refractivity contribution in [2.24, 2.45) is 0 Å². The predicted octanol–water partition coefficient (Wildman–Crippen LogP) is 1.83. The highest BCUT2D eigenvalue weighted by Gasteiger charge is 2.04. The van der Waals surface area contributed by atoms with Crippen LogP contribution in [0.25, 0.3) is 0 Å². The summed E-state index contributed by atoms with van der Waals surface area (Å²) in [4.78, 5) is 7.82. The molecule has 0 aromatic carbocycles. The molecule has 5 heteroatoms. The number of ether oxygens (including phenoxy) is 1. The number of thiol groups is 1. The van der Waals surface area contributed by atoms with Gasteiger partial charge in [0.05, 0.1) is 24.4 Å². The highest BCUT2D eigenvalue weighted by atomic mass is 32.1. The number of hydrogen-bond acceptors (Lipinski definition) is 5. The molecule has 3 nitrogen and oxygen atoms in total. The van der Waals surface area contributed by atoms with Crippen LogP contribution in [0.15, 0.2) is 5.51 Å². The van der Waals surface area contributed by atoms with Crippen molar-refractivity contribution >= 4 is 24.0 Å². The van der Waals surface area contributed by atoms with Gasteiger partial charge in [-0.3, -0.25) is 4.90 Å². The first-order valence-corrected chi connectivity index (χ1v) is 6.51. The van der Waals surface area contributed by atoms with Crippen LogP contribution in [0, 0.1) is 6.92 Å². The van der Waals surface area contributed by atoms with E-state index in [-0.39, 0.29) is 0 Å². The first-order valence-electron chi connectivity index (χ1n) is 5.00. The van der Waals surface area contributed by atoms with Gasteiger partial charge in [0.1, 0.15) is 0 Å². The standard InChI is InChI=1S/C10H18N2OS2/c1-9-10(15-8-11-9)7-12(2)3-4-13-5-6-14/h8,14H,3-7H2,1-2H3. The zero-order valence-electron chi connectivity index (χ0n) is 9.27. The van der Waals surface area contributed by atoms with E-state index in [0.717, 1.165) is 37.8 Å². The Morgan fingerprint density at radius 2 is 2.33 bits per heavy atom. The zero-order chi connectivity index (χ0) is 11.1. The summed E-state index contributed by atoms with van der Waals surface area (Å²) in [7, 11) is 2.10. The van der Waals surface area contributed by atoms with Gasteiger partial charge in [-0.15, -0.1) is 11.3 Å². The molecule has 0 N–H and O–H groups in total. The van der Waals surface area contributed by atoms with Gasteiger partial charge in [0.15, 0.2) is 0 Å². The van der Waals surface area contributed by atoms with Crippen molar-refractivity contribution in [1.29, 1.82) is 0 Å². The summed E-state index contributed by atoms with van der Waals surface area (Å²) in [6, 6.07) is 0. The Bertz CT molecular complexity index is 278. The maximum Gasteiger partial charge on any atom is 0.0798 e. The van der Waals surface area contributed by atoms with Crippen LogP contribution in [0.4, 0.5) is 0 Å². The third-order valence-corrected chi connectivity index (χ3v) is 3.21. The van der Waals surface area contributed by atoms with Crippen LogP contribution in [-0.4, -0.2) is 42.4 Å². The average molecular weight is 246 g/mol. The molecule has 0 unspecified atom stereocenters. The van der Waals surface area contributed by atoms with Crippen LogP contribution in [0.1, 0.15) is 10.6 Å². The molecule has 0 aliphatic carbocycles. The quantitative estimate of drug-likeness (QED) is 0.587. The van der Waals surface area contributed by atoms with Crippen molar-refractivity contribution < 1.29 is 4.74 Å². The van der Waals surface area contributed by atoms with Crippen LogP contribution in [0.2, 0.25) is 0 Å². The zero-order valence-corrected chi connectivity index (χ0v) is 11.0. The molecule has 0 saturated carbocycles. The summed E-state index contributed by atoms with van der Waals surface area (Å²) in [5, 5.41) is 0. The fourth-order valence-electron chi connectivity index (χ4n) is 1.19.